The molecule has 0 amide bonds. The molecule has 2 nitrogen and oxygen atoms in total. The van der Waals surface area contributed by atoms with E-state index in [1.165, 1.54) is 5.57 Å². The average Bonchev–Trinajstić information content (AvgIpc) is 2.26. The van der Waals surface area contributed by atoms with Gasteiger partial charge in [0.2, 0.25) is 0 Å². The minimum atomic E-state index is -1.57. The van der Waals surface area contributed by atoms with Gasteiger partial charge in [-0.2, -0.15) is 0 Å². The minimum absolute atomic E-state index is 0.0932. The first-order valence-corrected chi connectivity index (χ1v) is 6.31. The average molecular weight is 224 g/mol. The zero-order valence-corrected chi connectivity index (χ0v) is 11.1. The maximum Gasteiger partial charge on any atom is 0.186 e. The van der Waals surface area contributed by atoms with Crippen molar-refractivity contribution in [1.29, 1.82) is 0 Å². The van der Waals surface area contributed by atoms with Crippen LogP contribution >= 0.6 is 0 Å². The topological polar surface area (TPSA) is 40.5 Å². The highest BCUT2D eigenvalue weighted by atomic mass is 16.5. The molecule has 1 atom stereocenters. The van der Waals surface area contributed by atoms with Crippen LogP contribution in [0.3, 0.4) is 0 Å². The quantitative estimate of drug-likeness (QED) is 0.490. The van der Waals surface area contributed by atoms with Crippen molar-refractivity contribution in [3.63, 3.8) is 0 Å². The van der Waals surface area contributed by atoms with Crippen LogP contribution in [0.2, 0.25) is 0 Å². The fourth-order valence-electron chi connectivity index (χ4n) is 3.93. The maximum atomic E-state index is 10.2. The van der Waals surface area contributed by atoms with Gasteiger partial charge in [-0.05, 0) is 35.2 Å². The van der Waals surface area contributed by atoms with Crippen LogP contribution in [0.5, 0.6) is 0 Å². The van der Waals surface area contributed by atoms with Crippen molar-refractivity contribution in [2.45, 2.75) is 59.7 Å². The Morgan fingerprint density at radius 3 is 2.12 bits per heavy atom. The van der Waals surface area contributed by atoms with Crippen molar-refractivity contribution in [3.05, 3.63) is 11.1 Å². The van der Waals surface area contributed by atoms with Gasteiger partial charge in [0.25, 0.3) is 0 Å². The highest BCUT2D eigenvalue weighted by Gasteiger charge is 2.56. The van der Waals surface area contributed by atoms with Gasteiger partial charge in [0.05, 0.1) is 0 Å². The summed E-state index contributed by atoms with van der Waals surface area (Å²) in [7, 11) is 0. The monoisotopic (exact) mass is 224 g/mol. The van der Waals surface area contributed by atoms with E-state index in [2.05, 4.69) is 34.6 Å². The van der Waals surface area contributed by atoms with Gasteiger partial charge in [0.1, 0.15) is 0 Å². The van der Waals surface area contributed by atoms with E-state index in [1.807, 2.05) is 0 Å². The molecule has 0 spiro atoms. The largest absolute Gasteiger partial charge is 0.362 e. The van der Waals surface area contributed by atoms with Crippen LogP contribution in [0.15, 0.2) is 11.1 Å². The zero-order valence-electron chi connectivity index (χ0n) is 11.1. The Hall–Kier alpha value is -0.340. The SMILES string of the molecule is CC1C(C)(C)C2=C(C(O)(O)CCC2)C1(C)C. The predicted octanol–water partition coefficient (Wildman–Crippen LogP) is 2.85. The maximum absolute atomic E-state index is 10.2. The molecule has 16 heavy (non-hydrogen) atoms. The Labute approximate surface area is 98.4 Å². The zero-order chi connectivity index (χ0) is 12.4. The Kier molecular flexibility index (Phi) is 2.36. The molecule has 0 saturated heterocycles. The summed E-state index contributed by atoms with van der Waals surface area (Å²) in [6.07, 6.45) is 2.40. The van der Waals surface area contributed by atoms with Crippen LogP contribution < -0.4 is 0 Å². The number of hydrogen-bond donors (Lipinski definition) is 2. The normalized spacial score (nSPS) is 35.1. The highest BCUT2D eigenvalue weighted by Crippen LogP contribution is 2.62. The number of hydrogen-bond acceptors (Lipinski definition) is 2. The molecule has 2 N–H and O–H groups in total. The summed E-state index contributed by atoms with van der Waals surface area (Å²) in [5.41, 5.74) is 2.18. The van der Waals surface area contributed by atoms with E-state index >= 15 is 0 Å². The summed E-state index contributed by atoms with van der Waals surface area (Å²) >= 11 is 0. The van der Waals surface area contributed by atoms with Gasteiger partial charge in [-0.15, -0.1) is 0 Å². The second-order valence-electron chi connectivity index (χ2n) is 6.69. The second-order valence-corrected chi connectivity index (χ2v) is 6.69. The molecule has 0 aromatic carbocycles. The molecule has 0 radical (unpaired) electrons. The van der Waals surface area contributed by atoms with E-state index < -0.39 is 5.79 Å². The number of rotatable bonds is 0. The van der Waals surface area contributed by atoms with E-state index in [9.17, 15) is 10.2 Å². The standard InChI is InChI=1S/C14H24O2/c1-9-12(2,3)10-7-6-8-14(15,16)11(10)13(9,4)5/h9,15-16H,6-8H2,1-5H3. The van der Waals surface area contributed by atoms with Gasteiger partial charge < -0.3 is 10.2 Å². The van der Waals surface area contributed by atoms with Crippen molar-refractivity contribution in [3.8, 4) is 0 Å². The lowest BCUT2D eigenvalue weighted by Crippen LogP contribution is -2.39. The first-order valence-electron chi connectivity index (χ1n) is 6.31. The van der Waals surface area contributed by atoms with Crippen molar-refractivity contribution < 1.29 is 10.2 Å². The molecule has 1 unspecified atom stereocenters. The van der Waals surface area contributed by atoms with E-state index in [1.54, 1.807) is 0 Å². The van der Waals surface area contributed by atoms with Crippen LogP contribution in [0.1, 0.15) is 53.9 Å². The molecule has 0 heterocycles. The molecule has 0 saturated carbocycles. The first-order chi connectivity index (χ1) is 7.12. The lowest BCUT2D eigenvalue weighted by molar-refractivity contribution is -0.148. The summed E-state index contributed by atoms with van der Waals surface area (Å²) < 4.78 is 0. The van der Waals surface area contributed by atoms with Gasteiger partial charge in [0.15, 0.2) is 5.79 Å². The summed E-state index contributed by atoms with van der Waals surface area (Å²) in [4.78, 5) is 0. The number of aliphatic hydroxyl groups is 2. The molecule has 2 heteroatoms. The van der Waals surface area contributed by atoms with Crippen LogP contribution in [0, 0.1) is 16.7 Å². The molecule has 2 aliphatic carbocycles. The molecule has 0 bridgehead atoms. The molecule has 0 fully saturated rings. The fourth-order valence-corrected chi connectivity index (χ4v) is 3.93. The lowest BCUT2D eigenvalue weighted by Gasteiger charge is -2.38. The minimum Gasteiger partial charge on any atom is -0.362 e. The predicted molar refractivity (Wildman–Crippen MR) is 64.8 cm³/mol. The van der Waals surface area contributed by atoms with Crippen LogP contribution in [-0.4, -0.2) is 16.0 Å². The lowest BCUT2D eigenvalue weighted by atomic mass is 9.69. The third-order valence-corrected chi connectivity index (χ3v) is 5.24. The summed E-state index contributed by atoms with van der Waals surface area (Å²) in [6, 6.07) is 0. The van der Waals surface area contributed by atoms with Gasteiger partial charge in [-0.3, -0.25) is 0 Å². The first kappa shape index (κ1) is 12.1. The molecule has 92 valence electrons. The molecule has 2 rings (SSSR count). The van der Waals surface area contributed by atoms with Crippen LogP contribution in [-0.2, 0) is 0 Å². The molecular formula is C14H24O2. The smallest absolute Gasteiger partial charge is 0.186 e. The van der Waals surface area contributed by atoms with Gasteiger partial charge in [-0.1, -0.05) is 40.2 Å². The van der Waals surface area contributed by atoms with Gasteiger partial charge >= 0.3 is 0 Å². The molecule has 0 aromatic heterocycles. The van der Waals surface area contributed by atoms with E-state index in [0.29, 0.717) is 12.3 Å². The van der Waals surface area contributed by atoms with Crippen molar-refractivity contribution in [2.24, 2.45) is 16.7 Å². The van der Waals surface area contributed by atoms with Crippen molar-refractivity contribution >= 4 is 0 Å². The fraction of sp³-hybridized carbons (Fsp3) is 0.857. The second kappa shape index (κ2) is 3.11. The van der Waals surface area contributed by atoms with Crippen LogP contribution in [0.25, 0.3) is 0 Å². The third kappa shape index (κ3) is 1.32. The van der Waals surface area contributed by atoms with Crippen LogP contribution in [0.4, 0.5) is 0 Å². The van der Waals surface area contributed by atoms with E-state index in [0.717, 1.165) is 18.4 Å². The molecule has 2 aliphatic rings. The molecule has 0 aliphatic heterocycles. The Bertz CT molecular complexity index is 348. The Balaban J connectivity index is 2.62. The van der Waals surface area contributed by atoms with Gasteiger partial charge in [-0.25, -0.2) is 0 Å². The van der Waals surface area contributed by atoms with Crippen molar-refractivity contribution in [2.75, 3.05) is 0 Å². The third-order valence-electron chi connectivity index (χ3n) is 5.24. The van der Waals surface area contributed by atoms with E-state index in [4.69, 9.17) is 0 Å². The van der Waals surface area contributed by atoms with Crippen molar-refractivity contribution in [1.82, 2.24) is 0 Å². The number of allylic oxidation sites excluding steroid dienone is 1. The molecular weight excluding hydrogens is 200 g/mol. The molecule has 0 aromatic rings. The van der Waals surface area contributed by atoms with E-state index in [-0.39, 0.29) is 10.8 Å². The summed E-state index contributed by atoms with van der Waals surface area (Å²) in [5, 5.41) is 20.5. The Morgan fingerprint density at radius 1 is 1.06 bits per heavy atom. The summed E-state index contributed by atoms with van der Waals surface area (Å²) in [6.45, 7) is 11.0. The highest BCUT2D eigenvalue weighted by molar-refractivity contribution is 5.40. The van der Waals surface area contributed by atoms with Gasteiger partial charge in [0, 0.05) is 6.42 Å². The Morgan fingerprint density at radius 2 is 1.62 bits per heavy atom. The summed E-state index contributed by atoms with van der Waals surface area (Å²) in [5.74, 6) is -1.12.